The number of hydrogen-bond donors (Lipinski definition) is 1. The fraction of sp³-hybridized carbons (Fsp3) is 0.429. The summed E-state index contributed by atoms with van der Waals surface area (Å²) in [7, 11) is 1.93. The highest BCUT2D eigenvalue weighted by Crippen LogP contribution is 2.29. The standard InChI is InChI=1S/C21H25N7S/c1-14-10-17(29-26-14)11-19-24-18-8-9-28(16-12-22-27(2)13-16)20(18)21(25-19)23-15-6-4-3-5-7-15/h8-10,12-13,15H,3-7,11H2,1-2H3,(H,23,24,25). The predicted molar refractivity (Wildman–Crippen MR) is 116 cm³/mol. The monoisotopic (exact) mass is 407 g/mol. The van der Waals surface area contributed by atoms with E-state index in [0.717, 1.165) is 34.1 Å². The molecule has 1 N–H and O–H groups in total. The zero-order valence-electron chi connectivity index (χ0n) is 16.8. The number of nitrogens with one attached hydrogen (secondary N) is 1. The van der Waals surface area contributed by atoms with E-state index in [1.165, 1.54) is 48.5 Å². The van der Waals surface area contributed by atoms with Crippen molar-refractivity contribution in [1.29, 1.82) is 0 Å². The fourth-order valence-corrected chi connectivity index (χ4v) is 4.85. The van der Waals surface area contributed by atoms with Gasteiger partial charge in [0.25, 0.3) is 0 Å². The topological polar surface area (TPSA) is 73.5 Å². The molecule has 0 saturated heterocycles. The van der Waals surface area contributed by atoms with E-state index in [1.54, 1.807) is 0 Å². The third-order valence-electron chi connectivity index (χ3n) is 5.50. The van der Waals surface area contributed by atoms with E-state index in [2.05, 4.69) is 37.7 Å². The van der Waals surface area contributed by atoms with Crippen molar-refractivity contribution in [2.75, 3.05) is 5.32 Å². The van der Waals surface area contributed by atoms with Crippen molar-refractivity contribution in [1.82, 2.24) is 28.7 Å². The Hall–Kier alpha value is -2.74. The van der Waals surface area contributed by atoms with E-state index in [9.17, 15) is 0 Å². The molecule has 1 aliphatic carbocycles. The van der Waals surface area contributed by atoms with Crippen LogP contribution in [0.3, 0.4) is 0 Å². The molecule has 0 aromatic carbocycles. The van der Waals surface area contributed by atoms with Crippen molar-refractivity contribution in [2.45, 2.75) is 51.5 Å². The molecule has 0 unspecified atom stereocenters. The average Bonchev–Trinajstić information content (AvgIpc) is 3.43. The Morgan fingerprint density at radius 3 is 2.79 bits per heavy atom. The summed E-state index contributed by atoms with van der Waals surface area (Å²) in [6, 6.07) is 4.66. The van der Waals surface area contributed by atoms with Gasteiger partial charge in [-0.1, -0.05) is 19.3 Å². The maximum atomic E-state index is 4.97. The molecule has 1 fully saturated rings. The second-order valence-corrected chi connectivity index (χ2v) is 8.76. The molecule has 0 aliphatic heterocycles. The molecule has 4 aromatic rings. The van der Waals surface area contributed by atoms with Crippen molar-refractivity contribution in [3.05, 3.63) is 47.1 Å². The van der Waals surface area contributed by atoms with Gasteiger partial charge in [-0.2, -0.15) is 9.47 Å². The van der Waals surface area contributed by atoms with Crippen molar-refractivity contribution < 1.29 is 0 Å². The summed E-state index contributed by atoms with van der Waals surface area (Å²) in [6.07, 6.45) is 12.9. The van der Waals surface area contributed by atoms with Crippen LogP contribution >= 0.6 is 11.5 Å². The lowest BCUT2D eigenvalue weighted by atomic mass is 9.95. The second-order valence-electron chi connectivity index (χ2n) is 7.87. The molecule has 4 heterocycles. The Morgan fingerprint density at radius 2 is 2.07 bits per heavy atom. The van der Waals surface area contributed by atoms with E-state index in [0.29, 0.717) is 12.5 Å². The number of anilines is 1. The van der Waals surface area contributed by atoms with Gasteiger partial charge in [0.05, 0.1) is 23.1 Å². The summed E-state index contributed by atoms with van der Waals surface area (Å²) in [5.41, 5.74) is 4.05. The van der Waals surface area contributed by atoms with Gasteiger partial charge in [-0.05, 0) is 43.4 Å². The van der Waals surface area contributed by atoms with E-state index in [1.807, 2.05) is 31.0 Å². The Labute approximate surface area is 174 Å². The fourth-order valence-electron chi connectivity index (χ4n) is 4.12. The van der Waals surface area contributed by atoms with Gasteiger partial charge in [-0.25, -0.2) is 9.97 Å². The van der Waals surface area contributed by atoms with Crippen molar-refractivity contribution >= 4 is 28.4 Å². The summed E-state index contributed by atoms with van der Waals surface area (Å²) in [4.78, 5) is 11.0. The summed E-state index contributed by atoms with van der Waals surface area (Å²) in [5, 5.41) is 8.08. The predicted octanol–water partition coefficient (Wildman–Crippen LogP) is 4.25. The molecule has 0 bridgehead atoms. The summed E-state index contributed by atoms with van der Waals surface area (Å²) in [5.74, 6) is 1.76. The number of nitrogens with zero attached hydrogens (tertiary/aromatic N) is 6. The maximum Gasteiger partial charge on any atom is 0.154 e. The Morgan fingerprint density at radius 1 is 1.21 bits per heavy atom. The third kappa shape index (κ3) is 3.76. The maximum absolute atomic E-state index is 4.97. The van der Waals surface area contributed by atoms with Crippen LogP contribution in [0.1, 0.15) is 48.5 Å². The van der Waals surface area contributed by atoms with Crippen LogP contribution in [-0.4, -0.2) is 34.7 Å². The van der Waals surface area contributed by atoms with Crippen LogP contribution in [-0.2, 0) is 13.5 Å². The van der Waals surface area contributed by atoms with Gasteiger partial charge in [-0.15, -0.1) is 0 Å². The summed E-state index contributed by atoms with van der Waals surface area (Å²) < 4.78 is 8.34. The number of aryl methyl sites for hydroxylation is 2. The van der Waals surface area contributed by atoms with Crippen molar-refractivity contribution in [2.24, 2.45) is 7.05 Å². The largest absolute Gasteiger partial charge is 0.365 e. The van der Waals surface area contributed by atoms with E-state index >= 15 is 0 Å². The number of fused-ring (bicyclic) bond motifs is 1. The highest BCUT2D eigenvalue weighted by molar-refractivity contribution is 7.05. The number of aromatic nitrogens is 6. The van der Waals surface area contributed by atoms with E-state index in [-0.39, 0.29) is 0 Å². The van der Waals surface area contributed by atoms with Gasteiger partial charge in [0.15, 0.2) is 5.82 Å². The average molecular weight is 408 g/mol. The van der Waals surface area contributed by atoms with Crippen molar-refractivity contribution in [3.8, 4) is 5.69 Å². The Balaban J connectivity index is 1.58. The van der Waals surface area contributed by atoms with Crippen LogP contribution < -0.4 is 5.32 Å². The van der Waals surface area contributed by atoms with Gasteiger partial charge in [0.1, 0.15) is 11.3 Å². The van der Waals surface area contributed by atoms with E-state index in [4.69, 9.17) is 9.97 Å². The number of rotatable bonds is 5. The molecule has 29 heavy (non-hydrogen) atoms. The third-order valence-corrected chi connectivity index (χ3v) is 6.38. The minimum absolute atomic E-state index is 0.470. The molecule has 5 rings (SSSR count). The molecular weight excluding hydrogens is 382 g/mol. The second kappa shape index (κ2) is 7.59. The van der Waals surface area contributed by atoms with Crippen LogP contribution in [0.4, 0.5) is 5.82 Å². The first kappa shape index (κ1) is 18.3. The first-order valence-corrected chi connectivity index (χ1v) is 11.0. The van der Waals surface area contributed by atoms with Gasteiger partial charge >= 0.3 is 0 Å². The SMILES string of the molecule is Cc1cc(Cc2nc(NC3CCCCC3)c3c(ccn3-c3cnn(C)c3)n2)sn1. The van der Waals surface area contributed by atoms with E-state index < -0.39 is 0 Å². The summed E-state index contributed by atoms with van der Waals surface area (Å²) in [6.45, 7) is 2.02. The Kier molecular flexibility index (Phi) is 4.79. The van der Waals surface area contributed by atoms with Crippen LogP contribution in [0.15, 0.2) is 30.7 Å². The minimum Gasteiger partial charge on any atom is -0.365 e. The molecular formula is C21H25N7S. The highest BCUT2D eigenvalue weighted by atomic mass is 32.1. The lowest BCUT2D eigenvalue weighted by Crippen LogP contribution is -2.23. The van der Waals surface area contributed by atoms with Crippen LogP contribution in [0.5, 0.6) is 0 Å². The van der Waals surface area contributed by atoms with Gasteiger partial charge in [0, 0.05) is 36.8 Å². The van der Waals surface area contributed by atoms with Crippen LogP contribution in [0, 0.1) is 6.92 Å². The quantitative estimate of drug-likeness (QED) is 0.535. The normalized spacial score (nSPS) is 15.2. The molecule has 8 heteroatoms. The lowest BCUT2D eigenvalue weighted by molar-refractivity contribution is 0.462. The van der Waals surface area contributed by atoms with Gasteiger partial charge in [0.2, 0.25) is 0 Å². The lowest BCUT2D eigenvalue weighted by Gasteiger charge is -2.24. The number of hydrogen-bond acceptors (Lipinski definition) is 6. The Bertz CT molecular complexity index is 1130. The molecule has 1 aliphatic rings. The van der Waals surface area contributed by atoms with Crippen LogP contribution in [0.2, 0.25) is 0 Å². The molecule has 150 valence electrons. The molecule has 7 nitrogen and oxygen atoms in total. The minimum atomic E-state index is 0.470. The first-order chi connectivity index (χ1) is 14.2. The van der Waals surface area contributed by atoms with Crippen LogP contribution in [0.25, 0.3) is 16.7 Å². The first-order valence-electron chi connectivity index (χ1n) is 10.2. The summed E-state index contributed by atoms with van der Waals surface area (Å²) >= 11 is 1.53. The molecule has 0 atom stereocenters. The molecule has 0 radical (unpaired) electrons. The molecule has 0 amide bonds. The van der Waals surface area contributed by atoms with Gasteiger partial charge in [-0.3, -0.25) is 4.68 Å². The zero-order valence-corrected chi connectivity index (χ0v) is 17.6. The molecule has 0 spiro atoms. The smallest absolute Gasteiger partial charge is 0.154 e. The van der Waals surface area contributed by atoms with Gasteiger partial charge < -0.3 is 9.88 Å². The molecule has 1 saturated carbocycles. The van der Waals surface area contributed by atoms with Crippen molar-refractivity contribution in [3.63, 3.8) is 0 Å². The zero-order chi connectivity index (χ0) is 19.8. The molecule has 4 aromatic heterocycles. The highest BCUT2D eigenvalue weighted by Gasteiger charge is 2.19.